The summed E-state index contributed by atoms with van der Waals surface area (Å²) in [7, 11) is -2.83. The molecule has 1 aromatic rings. The Morgan fingerprint density at radius 1 is 1.47 bits per heavy atom. The van der Waals surface area contributed by atoms with Crippen LogP contribution in [-0.2, 0) is 14.8 Å². The SMILES string of the molecule is Cc1ccc(S(=O)(=O)N(C)CC(=O)O)cc1F. The number of sulfonamides is 1. The quantitative estimate of drug-likeness (QED) is 0.871. The van der Waals surface area contributed by atoms with Crippen LogP contribution in [0.4, 0.5) is 4.39 Å². The van der Waals surface area contributed by atoms with Crippen molar-refractivity contribution in [3.63, 3.8) is 0 Å². The number of likely N-dealkylation sites (N-methyl/N-ethyl adjacent to an activating group) is 1. The van der Waals surface area contributed by atoms with Crippen molar-refractivity contribution in [1.29, 1.82) is 0 Å². The van der Waals surface area contributed by atoms with Crippen LogP contribution in [0.2, 0.25) is 0 Å². The summed E-state index contributed by atoms with van der Waals surface area (Å²) in [5, 5.41) is 8.51. The highest BCUT2D eigenvalue weighted by atomic mass is 32.2. The Morgan fingerprint density at radius 3 is 2.53 bits per heavy atom. The van der Waals surface area contributed by atoms with E-state index in [-0.39, 0.29) is 4.90 Å². The number of hydrogen-bond donors (Lipinski definition) is 1. The van der Waals surface area contributed by atoms with Crippen LogP contribution in [-0.4, -0.2) is 37.4 Å². The van der Waals surface area contributed by atoms with Crippen molar-refractivity contribution < 1.29 is 22.7 Å². The minimum absolute atomic E-state index is 0.260. The maximum atomic E-state index is 13.2. The second-order valence-corrected chi connectivity index (χ2v) is 5.61. The zero-order chi connectivity index (χ0) is 13.2. The lowest BCUT2D eigenvalue weighted by Crippen LogP contribution is -2.32. The molecule has 1 N–H and O–H groups in total. The average Bonchev–Trinajstić information content (AvgIpc) is 2.20. The van der Waals surface area contributed by atoms with Crippen LogP contribution in [0, 0.1) is 12.7 Å². The number of hydrogen-bond acceptors (Lipinski definition) is 3. The first-order valence-corrected chi connectivity index (χ1v) is 6.13. The maximum absolute atomic E-state index is 13.2. The van der Waals surface area contributed by atoms with Crippen LogP contribution >= 0.6 is 0 Å². The molecule has 0 aliphatic rings. The largest absolute Gasteiger partial charge is 0.480 e. The van der Waals surface area contributed by atoms with E-state index >= 15 is 0 Å². The summed E-state index contributed by atoms with van der Waals surface area (Å²) < 4.78 is 37.5. The number of carboxylic acids is 1. The molecular formula is C10H12FNO4S. The molecule has 0 fully saturated rings. The van der Waals surface area contributed by atoms with Gasteiger partial charge in [0.2, 0.25) is 10.0 Å². The maximum Gasteiger partial charge on any atom is 0.318 e. The van der Waals surface area contributed by atoms with Gasteiger partial charge in [-0.05, 0) is 24.6 Å². The van der Waals surface area contributed by atoms with E-state index in [0.717, 1.165) is 13.1 Å². The van der Waals surface area contributed by atoms with Crippen molar-refractivity contribution in [1.82, 2.24) is 4.31 Å². The second-order valence-electron chi connectivity index (χ2n) is 3.57. The van der Waals surface area contributed by atoms with Gasteiger partial charge < -0.3 is 5.11 Å². The third kappa shape index (κ3) is 3.01. The van der Waals surface area contributed by atoms with Crippen molar-refractivity contribution in [2.45, 2.75) is 11.8 Å². The molecule has 17 heavy (non-hydrogen) atoms. The lowest BCUT2D eigenvalue weighted by molar-refractivity contribution is -0.137. The van der Waals surface area contributed by atoms with Crippen molar-refractivity contribution in [3.05, 3.63) is 29.6 Å². The molecule has 0 saturated heterocycles. The fraction of sp³-hybridized carbons (Fsp3) is 0.300. The molecule has 0 bridgehead atoms. The smallest absolute Gasteiger partial charge is 0.318 e. The highest BCUT2D eigenvalue weighted by Gasteiger charge is 2.23. The van der Waals surface area contributed by atoms with Gasteiger partial charge in [0.25, 0.3) is 0 Å². The van der Waals surface area contributed by atoms with E-state index in [2.05, 4.69) is 0 Å². The summed E-state index contributed by atoms with van der Waals surface area (Å²) in [6, 6.07) is 3.45. The van der Waals surface area contributed by atoms with Crippen molar-refractivity contribution in [2.24, 2.45) is 0 Å². The summed E-state index contributed by atoms with van der Waals surface area (Å²) in [6.07, 6.45) is 0. The lowest BCUT2D eigenvalue weighted by Gasteiger charge is -2.15. The van der Waals surface area contributed by atoms with Crippen LogP contribution in [0.25, 0.3) is 0 Å². The number of nitrogens with zero attached hydrogens (tertiary/aromatic N) is 1. The van der Waals surface area contributed by atoms with Gasteiger partial charge in [-0.2, -0.15) is 4.31 Å². The highest BCUT2D eigenvalue weighted by molar-refractivity contribution is 7.89. The van der Waals surface area contributed by atoms with Crippen molar-refractivity contribution in [3.8, 4) is 0 Å². The van der Waals surface area contributed by atoms with Gasteiger partial charge in [0.15, 0.2) is 0 Å². The highest BCUT2D eigenvalue weighted by Crippen LogP contribution is 2.17. The van der Waals surface area contributed by atoms with Gasteiger partial charge in [-0.1, -0.05) is 6.07 Å². The third-order valence-corrected chi connectivity index (χ3v) is 4.01. The monoisotopic (exact) mass is 261 g/mol. The number of benzene rings is 1. The molecule has 1 rings (SSSR count). The molecule has 5 nitrogen and oxygen atoms in total. The summed E-state index contributed by atoms with van der Waals surface area (Å²) in [5.41, 5.74) is 0.324. The van der Waals surface area contributed by atoms with E-state index in [1.807, 2.05) is 0 Å². The molecule has 94 valence electrons. The van der Waals surface area contributed by atoms with Gasteiger partial charge in [-0.25, -0.2) is 12.8 Å². The first-order valence-electron chi connectivity index (χ1n) is 4.69. The number of halogens is 1. The number of aliphatic carboxylic acids is 1. The molecule has 0 atom stereocenters. The molecule has 0 heterocycles. The summed E-state index contributed by atoms with van der Waals surface area (Å²) >= 11 is 0. The van der Waals surface area contributed by atoms with Crippen LogP contribution in [0.5, 0.6) is 0 Å². The molecular weight excluding hydrogens is 249 g/mol. The molecule has 0 aromatic heterocycles. The van der Waals surface area contributed by atoms with E-state index in [0.29, 0.717) is 9.87 Å². The molecule has 0 amide bonds. The van der Waals surface area contributed by atoms with Gasteiger partial charge in [0, 0.05) is 7.05 Å². The summed E-state index contributed by atoms with van der Waals surface area (Å²) in [6.45, 7) is 0.838. The van der Waals surface area contributed by atoms with E-state index in [4.69, 9.17) is 5.11 Å². The van der Waals surface area contributed by atoms with Gasteiger partial charge >= 0.3 is 5.97 Å². The first kappa shape index (κ1) is 13.6. The molecule has 1 aromatic carbocycles. The van der Waals surface area contributed by atoms with Crippen LogP contribution in [0.1, 0.15) is 5.56 Å². The minimum Gasteiger partial charge on any atom is -0.480 e. The summed E-state index contributed by atoms with van der Waals surface area (Å²) in [5.74, 6) is -1.92. The minimum atomic E-state index is -3.96. The number of carboxylic acid groups (broad SMARTS) is 1. The van der Waals surface area contributed by atoms with Gasteiger partial charge in [-0.15, -0.1) is 0 Å². The van der Waals surface area contributed by atoms with Gasteiger partial charge in [0.1, 0.15) is 12.4 Å². The zero-order valence-electron chi connectivity index (χ0n) is 9.34. The van der Waals surface area contributed by atoms with Crippen molar-refractivity contribution in [2.75, 3.05) is 13.6 Å². The predicted molar refractivity (Wildman–Crippen MR) is 58.6 cm³/mol. The van der Waals surface area contributed by atoms with Crippen LogP contribution in [0.15, 0.2) is 23.1 Å². The van der Waals surface area contributed by atoms with E-state index in [9.17, 15) is 17.6 Å². The van der Waals surface area contributed by atoms with Crippen LogP contribution < -0.4 is 0 Å². The molecule has 0 spiro atoms. The third-order valence-electron chi connectivity index (χ3n) is 2.21. The van der Waals surface area contributed by atoms with E-state index in [1.54, 1.807) is 0 Å². The fourth-order valence-corrected chi connectivity index (χ4v) is 2.32. The van der Waals surface area contributed by atoms with Crippen LogP contribution in [0.3, 0.4) is 0 Å². The summed E-state index contributed by atoms with van der Waals surface area (Å²) in [4.78, 5) is 10.2. The van der Waals surface area contributed by atoms with Gasteiger partial charge in [-0.3, -0.25) is 4.79 Å². The molecule has 7 heteroatoms. The molecule has 0 unspecified atom stereocenters. The Balaban J connectivity index is 3.13. The first-order chi connectivity index (χ1) is 7.75. The number of rotatable bonds is 4. The van der Waals surface area contributed by atoms with Gasteiger partial charge in [0.05, 0.1) is 4.90 Å². The average molecular weight is 261 g/mol. The predicted octanol–water partition coefficient (Wildman–Crippen LogP) is 0.839. The Labute approximate surface area is 98.5 Å². The Hall–Kier alpha value is -1.47. The second kappa shape index (κ2) is 4.80. The van der Waals surface area contributed by atoms with E-state index in [1.165, 1.54) is 19.1 Å². The Bertz CT molecular complexity index is 541. The Kier molecular flexibility index (Phi) is 3.84. The fourth-order valence-electron chi connectivity index (χ4n) is 1.19. The number of aryl methyl sites for hydroxylation is 1. The van der Waals surface area contributed by atoms with Crippen molar-refractivity contribution >= 4 is 16.0 Å². The number of carbonyl (C=O) groups is 1. The topological polar surface area (TPSA) is 74.7 Å². The Morgan fingerprint density at radius 2 is 2.06 bits per heavy atom. The lowest BCUT2D eigenvalue weighted by atomic mass is 10.2. The molecule has 0 aliphatic heterocycles. The zero-order valence-corrected chi connectivity index (χ0v) is 10.2. The van der Waals surface area contributed by atoms with E-state index < -0.39 is 28.4 Å². The molecule has 0 aliphatic carbocycles. The molecule has 0 saturated carbocycles. The molecule has 0 radical (unpaired) electrons. The standard InChI is InChI=1S/C10H12FNO4S/c1-7-3-4-8(5-9(7)11)17(15,16)12(2)6-10(13)14/h3-5H,6H2,1-2H3,(H,13,14). The normalized spacial score (nSPS) is 11.8.